The minimum absolute atomic E-state index is 0.0248. The summed E-state index contributed by atoms with van der Waals surface area (Å²) < 4.78 is 27.1. The molecule has 1 saturated carbocycles. The lowest BCUT2D eigenvalue weighted by atomic mass is 10.2. The lowest BCUT2D eigenvalue weighted by molar-refractivity contribution is 0.354. The molecule has 4 nitrogen and oxygen atoms in total. The lowest BCUT2D eigenvalue weighted by Gasteiger charge is -2.25. The van der Waals surface area contributed by atoms with Crippen LogP contribution in [0.1, 0.15) is 45.6 Å². The van der Waals surface area contributed by atoms with E-state index < -0.39 is 10.0 Å². The molecule has 5 heteroatoms. The number of nitrogens with zero attached hydrogens (tertiary/aromatic N) is 1. The van der Waals surface area contributed by atoms with E-state index in [-0.39, 0.29) is 6.04 Å². The molecule has 118 valence electrons. The Balaban J connectivity index is 2.19. The van der Waals surface area contributed by atoms with Gasteiger partial charge in [-0.15, -0.1) is 0 Å². The van der Waals surface area contributed by atoms with E-state index in [0.717, 1.165) is 18.5 Å². The SMILES string of the molecule is CCCN(C(C)C)S(=O)(=O)c1cccc(CNC2CC2)c1. The number of rotatable bonds is 8. The molecule has 0 aromatic heterocycles. The Morgan fingerprint density at radius 2 is 2.05 bits per heavy atom. The van der Waals surface area contributed by atoms with Gasteiger partial charge in [0.25, 0.3) is 0 Å². The van der Waals surface area contributed by atoms with Crippen molar-refractivity contribution in [1.29, 1.82) is 0 Å². The van der Waals surface area contributed by atoms with Crippen molar-refractivity contribution in [2.45, 2.75) is 63.6 Å². The van der Waals surface area contributed by atoms with Crippen LogP contribution in [-0.4, -0.2) is 31.4 Å². The summed E-state index contributed by atoms with van der Waals surface area (Å²) in [5.74, 6) is 0. The van der Waals surface area contributed by atoms with Gasteiger partial charge < -0.3 is 5.32 Å². The topological polar surface area (TPSA) is 49.4 Å². The van der Waals surface area contributed by atoms with Crippen LogP contribution in [0, 0.1) is 0 Å². The minimum Gasteiger partial charge on any atom is -0.310 e. The summed E-state index contributed by atoms with van der Waals surface area (Å²) in [6.07, 6.45) is 3.28. The zero-order valence-electron chi connectivity index (χ0n) is 13.2. The van der Waals surface area contributed by atoms with Crippen molar-refractivity contribution in [3.63, 3.8) is 0 Å². The van der Waals surface area contributed by atoms with Gasteiger partial charge in [-0.1, -0.05) is 19.1 Å². The molecular weight excluding hydrogens is 284 g/mol. The molecule has 1 aliphatic carbocycles. The monoisotopic (exact) mass is 310 g/mol. The molecule has 1 aliphatic rings. The molecule has 0 aliphatic heterocycles. The Kier molecular flexibility index (Phi) is 5.41. The van der Waals surface area contributed by atoms with Crippen LogP contribution in [-0.2, 0) is 16.6 Å². The van der Waals surface area contributed by atoms with E-state index >= 15 is 0 Å². The molecule has 0 heterocycles. The Bertz CT molecular complexity index is 565. The van der Waals surface area contributed by atoms with E-state index in [1.54, 1.807) is 16.4 Å². The van der Waals surface area contributed by atoms with Crippen LogP contribution in [0.3, 0.4) is 0 Å². The number of hydrogen-bond donors (Lipinski definition) is 1. The normalized spacial score (nSPS) is 15.9. The molecule has 1 aromatic rings. The average molecular weight is 310 g/mol. The highest BCUT2D eigenvalue weighted by atomic mass is 32.2. The van der Waals surface area contributed by atoms with Crippen LogP contribution in [0.15, 0.2) is 29.2 Å². The molecular formula is C16H26N2O2S. The van der Waals surface area contributed by atoms with Crippen molar-refractivity contribution in [3.8, 4) is 0 Å². The molecule has 1 aromatic carbocycles. The summed E-state index contributed by atoms with van der Waals surface area (Å²) >= 11 is 0. The van der Waals surface area contributed by atoms with Gasteiger partial charge >= 0.3 is 0 Å². The molecule has 0 atom stereocenters. The van der Waals surface area contributed by atoms with Crippen molar-refractivity contribution >= 4 is 10.0 Å². The minimum atomic E-state index is -3.40. The predicted octanol–water partition coefficient (Wildman–Crippen LogP) is 2.75. The van der Waals surface area contributed by atoms with Gasteiger partial charge in [0.05, 0.1) is 4.90 Å². The molecule has 0 amide bonds. The quantitative estimate of drug-likeness (QED) is 0.803. The van der Waals surface area contributed by atoms with Crippen molar-refractivity contribution in [2.24, 2.45) is 0 Å². The van der Waals surface area contributed by atoms with E-state index in [2.05, 4.69) is 5.32 Å². The van der Waals surface area contributed by atoms with Crippen LogP contribution in [0.5, 0.6) is 0 Å². The molecule has 0 saturated heterocycles. The first kappa shape index (κ1) is 16.5. The Morgan fingerprint density at radius 1 is 1.33 bits per heavy atom. The summed E-state index contributed by atoms with van der Waals surface area (Å²) in [5, 5.41) is 3.42. The van der Waals surface area contributed by atoms with Crippen LogP contribution in [0.2, 0.25) is 0 Å². The number of benzene rings is 1. The largest absolute Gasteiger partial charge is 0.310 e. The third kappa shape index (κ3) is 4.28. The molecule has 1 fully saturated rings. The van der Waals surface area contributed by atoms with Gasteiger partial charge in [-0.05, 0) is 50.8 Å². The lowest BCUT2D eigenvalue weighted by Crippen LogP contribution is -2.37. The maximum absolute atomic E-state index is 12.8. The number of hydrogen-bond acceptors (Lipinski definition) is 3. The van der Waals surface area contributed by atoms with Crippen LogP contribution in [0.4, 0.5) is 0 Å². The summed E-state index contributed by atoms with van der Waals surface area (Å²) in [6.45, 7) is 7.15. The molecule has 1 N–H and O–H groups in total. The highest BCUT2D eigenvalue weighted by Gasteiger charge is 2.26. The predicted molar refractivity (Wildman–Crippen MR) is 85.6 cm³/mol. The smallest absolute Gasteiger partial charge is 0.243 e. The highest BCUT2D eigenvalue weighted by molar-refractivity contribution is 7.89. The van der Waals surface area contributed by atoms with Crippen LogP contribution >= 0.6 is 0 Å². The van der Waals surface area contributed by atoms with Gasteiger partial charge in [0, 0.05) is 25.2 Å². The second-order valence-electron chi connectivity index (χ2n) is 6.01. The van der Waals surface area contributed by atoms with Crippen molar-refractivity contribution < 1.29 is 8.42 Å². The Labute approximate surface area is 128 Å². The number of sulfonamides is 1. The van der Waals surface area contributed by atoms with Crippen LogP contribution < -0.4 is 5.32 Å². The molecule has 2 rings (SSSR count). The standard InChI is InChI=1S/C16H26N2O2S/c1-4-10-18(13(2)3)21(19,20)16-7-5-6-14(11-16)12-17-15-8-9-15/h5-7,11,13,15,17H,4,8-10,12H2,1-3H3. The highest BCUT2D eigenvalue weighted by Crippen LogP contribution is 2.22. The summed E-state index contributed by atoms with van der Waals surface area (Å²) in [4.78, 5) is 0.403. The Morgan fingerprint density at radius 3 is 2.62 bits per heavy atom. The fourth-order valence-electron chi connectivity index (χ4n) is 2.38. The number of nitrogens with one attached hydrogen (secondary N) is 1. The third-order valence-electron chi connectivity index (χ3n) is 3.70. The molecule has 21 heavy (non-hydrogen) atoms. The molecule has 0 unspecified atom stereocenters. The maximum Gasteiger partial charge on any atom is 0.243 e. The maximum atomic E-state index is 12.8. The summed E-state index contributed by atoms with van der Waals surface area (Å²) in [6, 6.07) is 7.91. The first-order valence-corrected chi connectivity index (χ1v) is 9.23. The summed E-state index contributed by atoms with van der Waals surface area (Å²) in [7, 11) is -3.40. The van der Waals surface area contributed by atoms with E-state index in [4.69, 9.17) is 0 Å². The van der Waals surface area contributed by atoms with E-state index in [1.165, 1.54) is 12.8 Å². The van der Waals surface area contributed by atoms with Gasteiger partial charge in [-0.2, -0.15) is 4.31 Å². The average Bonchev–Trinajstić information content (AvgIpc) is 3.26. The van der Waals surface area contributed by atoms with Gasteiger partial charge in [-0.3, -0.25) is 0 Å². The summed E-state index contributed by atoms with van der Waals surface area (Å²) in [5.41, 5.74) is 1.03. The van der Waals surface area contributed by atoms with Crippen molar-refractivity contribution in [2.75, 3.05) is 6.54 Å². The van der Waals surface area contributed by atoms with Gasteiger partial charge in [0.15, 0.2) is 0 Å². The van der Waals surface area contributed by atoms with Crippen LogP contribution in [0.25, 0.3) is 0 Å². The first-order valence-electron chi connectivity index (χ1n) is 7.79. The van der Waals surface area contributed by atoms with Gasteiger partial charge in [0.2, 0.25) is 10.0 Å². The Hall–Kier alpha value is -0.910. The zero-order chi connectivity index (χ0) is 15.5. The third-order valence-corrected chi connectivity index (χ3v) is 5.77. The molecule has 0 radical (unpaired) electrons. The van der Waals surface area contributed by atoms with E-state index in [9.17, 15) is 8.42 Å². The second-order valence-corrected chi connectivity index (χ2v) is 7.90. The van der Waals surface area contributed by atoms with Crippen molar-refractivity contribution in [3.05, 3.63) is 29.8 Å². The van der Waals surface area contributed by atoms with Gasteiger partial charge in [-0.25, -0.2) is 8.42 Å². The van der Waals surface area contributed by atoms with Crippen molar-refractivity contribution in [1.82, 2.24) is 9.62 Å². The molecule has 0 bridgehead atoms. The van der Waals surface area contributed by atoms with E-state index in [1.807, 2.05) is 32.9 Å². The fraction of sp³-hybridized carbons (Fsp3) is 0.625. The fourth-order valence-corrected chi connectivity index (χ4v) is 4.18. The zero-order valence-corrected chi connectivity index (χ0v) is 14.0. The second kappa shape index (κ2) is 6.90. The molecule has 0 spiro atoms. The van der Waals surface area contributed by atoms with Gasteiger partial charge in [0.1, 0.15) is 0 Å². The van der Waals surface area contributed by atoms with E-state index in [0.29, 0.717) is 17.5 Å². The first-order chi connectivity index (χ1) is 9.95.